The Balaban J connectivity index is 2.00. The van der Waals surface area contributed by atoms with E-state index in [-0.39, 0.29) is 5.54 Å². The Bertz CT molecular complexity index is 371. The summed E-state index contributed by atoms with van der Waals surface area (Å²) >= 11 is 5.89. The van der Waals surface area contributed by atoms with Crippen molar-refractivity contribution in [3.05, 3.63) is 34.9 Å². The molecular weight excluding hydrogens is 218 g/mol. The minimum absolute atomic E-state index is 0.0145. The zero-order valence-corrected chi connectivity index (χ0v) is 10.9. The summed E-state index contributed by atoms with van der Waals surface area (Å²) in [5, 5.41) is 3.48. The van der Waals surface area contributed by atoms with Crippen LogP contribution in [-0.2, 0) is 19.4 Å². The summed E-state index contributed by atoms with van der Waals surface area (Å²) in [6.45, 7) is 5.17. The molecule has 1 aliphatic carbocycles. The van der Waals surface area contributed by atoms with E-state index in [2.05, 4.69) is 37.4 Å². The maximum Gasteiger partial charge on any atom is 0.0400 e. The van der Waals surface area contributed by atoms with E-state index in [0.717, 1.165) is 6.54 Å². The molecule has 1 aromatic carbocycles. The van der Waals surface area contributed by atoms with Gasteiger partial charge in [0.15, 0.2) is 0 Å². The summed E-state index contributed by atoms with van der Waals surface area (Å²) in [6, 6.07) is 6.87. The lowest BCUT2D eigenvalue weighted by atomic mass is 10.0. The average molecular weight is 238 g/mol. The van der Waals surface area contributed by atoms with Crippen LogP contribution < -0.4 is 5.32 Å². The Labute approximate surface area is 103 Å². The molecule has 1 nitrogen and oxygen atoms in total. The molecule has 88 valence electrons. The number of hydrogen-bond acceptors (Lipinski definition) is 1. The molecule has 1 aliphatic rings. The first-order chi connectivity index (χ1) is 7.61. The van der Waals surface area contributed by atoms with E-state index < -0.39 is 0 Å². The van der Waals surface area contributed by atoms with Crippen molar-refractivity contribution in [2.75, 3.05) is 5.88 Å². The van der Waals surface area contributed by atoms with E-state index in [1.165, 1.54) is 24.8 Å². The number of fused-ring (bicyclic) bond motifs is 1. The minimum atomic E-state index is 0.0145. The predicted octanol–water partition coefficient (Wildman–Crippen LogP) is 3.28. The van der Waals surface area contributed by atoms with Gasteiger partial charge < -0.3 is 5.32 Å². The van der Waals surface area contributed by atoms with Gasteiger partial charge in [-0.25, -0.2) is 0 Å². The van der Waals surface area contributed by atoms with E-state index in [0.29, 0.717) is 5.88 Å². The van der Waals surface area contributed by atoms with Gasteiger partial charge in [-0.3, -0.25) is 0 Å². The molecule has 1 N–H and O–H groups in total. The van der Waals surface area contributed by atoms with Gasteiger partial charge in [-0.2, -0.15) is 0 Å². The fourth-order valence-corrected chi connectivity index (χ4v) is 2.22. The molecular formula is C14H20ClN. The Hall–Kier alpha value is -0.530. The summed E-state index contributed by atoms with van der Waals surface area (Å²) in [7, 11) is 0. The van der Waals surface area contributed by atoms with Crippen LogP contribution in [-0.4, -0.2) is 11.4 Å². The molecule has 0 aromatic heterocycles. The summed E-state index contributed by atoms with van der Waals surface area (Å²) < 4.78 is 0. The highest BCUT2D eigenvalue weighted by molar-refractivity contribution is 6.18. The number of nitrogens with one attached hydrogen (secondary N) is 1. The van der Waals surface area contributed by atoms with Gasteiger partial charge in [0.25, 0.3) is 0 Å². The monoisotopic (exact) mass is 237 g/mol. The first kappa shape index (κ1) is 11.9. The van der Waals surface area contributed by atoms with Crippen LogP contribution in [0.5, 0.6) is 0 Å². The van der Waals surface area contributed by atoms with Crippen molar-refractivity contribution in [1.29, 1.82) is 0 Å². The predicted molar refractivity (Wildman–Crippen MR) is 70.1 cm³/mol. The van der Waals surface area contributed by atoms with Gasteiger partial charge in [0, 0.05) is 18.0 Å². The number of benzene rings is 1. The third-order valence-electron chi connectivity index (χ3n) is 3.27. The van der Waals surface area contributed by atoms with Gasteiger partial charge in [-0.15, -0.1) is 11.6 Å². The highest BCUT2D eigenvalue weighted by Crippen LogP contribution is 2.23. The quantitative estimate of drug-likeness (QED) is 0.793. The Morgan fingerprint density at radius 1 is 1.25 bits per heavy atom. The highest BCUT2D eigenvalue weighted by Gasteiger charge is 2.16. The molecule has 0 unspecified atom stereocenters. The molecule has 0 radical (unpaired) electrons. The lowest BCUT2D eigenvalue weighted by molar-refractivity contribution is 0.429. The second-order valence-electron chi connectivity index (χ2n) is 5.33. The van der Waals surface area contributed by atoms with Crippen LogP contribution in [0.25, 0.3) is 0 Å². The lowest BCUT2D eigenvalue weighted by Gasteiger charge is -2.23. The Morgan fingerprint density at radius 2 is 2.00 bits per heavy atom. The van der Waals surface area contributed by atoms with Gasteiger partial charge in [0.1, 0.15) is 0 Å². The number of aryl methyl sites for hydroxylation is 2. The Kier molecular flexibility index (Phi) is 3.56. The van der Waals surface area contributed by atoms with Crippen molar-refractivity contribution in [1.82, 2.24) is 5.32 Å². The van der Waals surface area contributed by atoms with E-state index in [9.17, 15) is 0 Å². The summed E-state index contributed by atoms with van der Waals surface area (Å²) in [5.41, 5.74) is 4.47. The molecule has 0 atom stereocenters. The maximum atomic E-state index is 5.89. The summed E-state index contributed by atoms with van der Waals surface area (Å²) in [6.07, 6.45) is 3.83. The van der Waals surface area contributed by atoms with Crippen LogP contribution in [0.4, 0.5) is 0 Å². The van der Waals surface area contributed by atoms with Crippen molar-refractivity contribution < 1.29 is 0 Å². The van der Waals surface area contributed by atoms with Gasteiger partial charge in [-0.05, 0) is 49.8 Å². The molecule has 16 heavy (non-hydrogen) atoms. The molecule has 2 rings (SSSR count). The Morgan fingerprint density at radius 3 is 2.75 bits per heavy atom. The van der Waals surface area contributed by atoms with Crippen LogP contribution >= 0.6 is 11.6 Å². The number of halogens is 1. The molecule has 0 spiro atoms. The largest absolute Gasteiger partial charge is 0.307 e. The number of alkyl halides is 1. The second kappa shape index (κ2) is 4.77. The van der Waals surface area contributed by atoms with Crippen molar-refractivity contribution >= 4 is 11.6 Å². The summed E-state index contributed by atoms with van der Waals surface area (Å²) in [5.74, 6) is 0.637. The molecule has 0 heterocycles. The van der Waals surface area contributed by atoms with Crippen LogP contribution in [0.3, 0.4) is 0 Å². The number of hydrogen-bond donors (Lipinski definition) is 1. The third kappa shape index (κ3) is 2.78. The fraction of sp³-hybridized carbons (Fsp3) is 0.571. The molecule has 0 fully saturated rings. The van der Waals surface area contributed by atoms with Crippen molar-refractivity contribution in [2.24, 2.45) is 0 Å². The number of rotatable bonds is 4. The maximum absolute atomic E-state index is 5.89. The summed E-state index contributed by atoms with van der Waals surface area (Å²) in [4.78, 5) is 0. The van der Waals surface area contributed by atoms with Crippen molar-refractivity contribution in [3.8, 4) is 0 Å². The normalized spacial score (nSPS) is 15.2. The van der Waals surface area contributed by atoms with Gasteiger partial charge in [0.05, 0.1) is 0 Å². The lowest BCUT2D eigenvalue weighted by Crippen LogP contribution is -2.40. The molecule has 0 saturated carbocycles. The first-order valence-electron chi connectivity index (χ1n) is 6.02. The zero-order valence-electron chi connectivity index (χ0n) is 10.1. The van der Waals surface area contributed by atoms with Gasteiger partial charge >= 0.3 is 0 Å². The van der Waals surface area contributed by atoms with E-state index in [1.807, 2.05) is 0 Å². The zero-order chi connectivity index (χ0) is 11.6. The molecule has 0 amide bonds. The molecule has 0 bridgehead atoms. The van der Waals surface area contributed by atoms with Crippen LogP contribution in [0.1, 0.15) is 37.0 Å². The van der Waals surface area contributed by atoms with Crippen LogP contribution in [0.2, 0.25) is 0 Å². The van der Waals surface area contributed by atoms with Gasteiger partial charge in [0.2, 0.25) is 0 Å². The molecule has 0 saturated heterocycles. The standard InChI is InChI=1S/C14H20ClN/c1-14(2,10-15)16-9-11-6-7-12-4-3-5-13(12)8-11/h6-8,16H,3-5,9-10H2,1-2H3. The van der Waals surface area contributed by atoms with E-state index in [4.69, 9.17) is 11.6 Å². The first-order valence-corrected chi connectivity index (χ1v) is 6.56. The smallest absolute Gasteiger partial charge is 0.0400 e. The minimum Gasteiger partial charge on any atom is -0.307 e. The van der Waals surface area contributed by atoms with E-state index in [1.54, 1.807) is 11.1 Å². The topological polar surface area (TPSA) is 12.0 Å². The molecule has 0 aliphatic heterocycles. The van der Waals surface area contributed by atoms with Crippen LogP contribution in [0.15, 0.2) is 18.2 Å². The second-order valence-corrected chi connectivity index (χ2v) is 5.59. The van der Waals surface area contributed by atoms with E-state index >= 15 is 0 Å². The third-order valence-corrected chi connectivity index (χ3v) is 3.94. The van der Waals surface area contributed by atoms with Gasteiger partial charge in [-0.1, -0.05) is 18.2 Å². The highest BCUT2D eigenvalue weighted by atomic mass is 35.5. The molecule has 1 aromatic rings. The molecule has 2 heteroatoms. The van der Waals surface area contributed by atoms with Crippen molar-refractivity contribution in [2.45, 2.75) is 45.2 Å². The van der Waals surface area contributed by atoms with Crippen LogP contribution in [0, 0.1) is 0 Å². The fourth-order valence-electron chi connectivity index (χ4n) is 2.12. The van der Waals surface area contributed by atoms with Crippen molar-refractivity contribution in [3.63, 3.8) is 0 Å². The SMILES string of the molecule is CC(C)(CCl)NCc1ccc2c(c1)CCC2. The average Bonchev–Trinajstić information content (AvgIpc) is 2.73.